The quantitative estimate of drug-likeness (QED) is 0.827. The summed E-state index contributed by atoms with van der Waals surface area (Å²) in [5, 5.41) is 10.2. The van der Waals surface area contributed by atoms with Crippen LogP contribution in [0.5, 0.6) is 0 Å². The van der Waals surface area contributed by atoms with Crippen molar-refractivity contribution in [1.82, 2.24) is 0 Å². The van der Waals surface area contributed by atoms with E-state index >= 15 is 0 Å². The lowest BCUT2D eigenvalue weighted by Gasteiger charge is -2.29. The number of benzene rings is 1. The molecule has 1 aromatic carbocycles. The third kappa shape index (κ3) is 3.10. The summed E-state index contributed by atoms with van der Waals surface area (Å²) in [6.45, 7) is 5.63. The number of aliphatic hydroxyl groups is 1. The van der Waals surface area contributed by atoms with Crippen molar-refractivity contribution in [2.45, 2.75) is 51.2 Å². The van der Waals surface area contributed by atoms with E-state index in [0.717, 1.165) is 32.2 Å². The Morgan fingerprint density at radius 1 is 1.42 bits per heavy atom. The first-order chi connectivity index (χ1) is 9.09. The van der Waals surface area contributed by atoms with E-state index in [1.165, 1.54) is 11.3 Å². The molecule has 0 aromatic heterocycles. The van der Waals surface area contributed by atoms with E-state index in [1.807, 2.05) is 6.92 Å². The van der Waals surface area contributed by atoms with Crippen LogP contribution in [0.4, 0.5) is 5.69 Å². The van der Waals surface area contributed by atoms with E-state index < -0.39 is 5.60 Å². The fraction of sp³-hybridized carbons (Fsp3) is 0.625. The van der Waals surface area contributed by atoms with Crippen molar-refractivity contribution in [3.63, 3.8) is 0 Å². The van der Waals surface area contributed by atoms with Gasteiger partial charge in [-0.2, -0.15) is 0 Å². The zero-order valence-corrected chi connectivity index (χ0v) is 12.1. The molecule has 3 N–H and O–H groups in total. The van der Waals surface area contributed by atoms with E-state index in [2.05, 4.69) is 36.1 Å². The van der Waals surface area contributed by atoms with E-state index in [9.17, 15) is 5.11 Å². The van der Waals surface area contributed by atoms with E-state index in [1.54, 1.807) is 0 Å². The van der Waals surface area contributed by atoms with Gasteiger partial charge in [0.1, 0.15) is 0 Å². The van der Waals surface area contributed by atoms with Gasteiger partial charge in [-0.1, -0.05) is 25.1 Å². The van der Waals surface area contributed by atoms with E-state index in [0.29, 0.717) is 12.6 Å². The third-order valence-electron chi connectivity index (χ3n) is 4.43. The maximum absolute atomic E-state index is 10.2. The number of anilines is 1. The molecular weight excluding hydrogens is 236 g/mol. The SMILES string of the molecule is CCC(O)(CN)CCCN1c2ccccc2CC1C. The molecule has 0 bridgehead atoms. The second-order valence-corrected chi connectivity index (χ2v) is 5.76. The third-order valence-corrected chi connectivity index (χ3v) is 4.43. The van der Waals surface area contributed by atoms with Gasteiger partial charge in [0.05, 0.1) is 5.60 Å². The lowest BCUT2D eigenvalue weighted by Crippen LogP contribution is -2.38. The summed E-state index contributed by atoms with van der Waals surface area (Å²) in [6.07, 6.45) is 3.63. The molecule has 1 aliphatic rings. The first-order valence-corrected chi connectivity index (χ1v) is 7.36. The van der Waals surface area contributed by atoms with Gasteiger partial charge in [-0.25, -0.2) is 0 Å². The van der Waals surface area contributed by atoms with Crippen molar-refractivity contribution in [3.8, 4) is 0 Å². The van der Waals surface area contributed by atoms with Crippen LogP contribution in [0.1, 0.15) is 38.7 Å². The van der Waals surface area contributed by atoms with Gasteiger partial charge in [-0.15, -0.1) is 0 Å². The number of fused-ring (bicyclic) bond motifs is 1. The Kier molecular flexibility index (Phi) is 4.48. The molecule has 1 aliphatic heterocycles. The summed E-state index contributed by atoms with van der Waals surface area (Å²) < 4.78 is 0. The second-order valence-electron chi connectivity index (χ2n) is 5.76. The maximum Gasteiger partial charge on any atom is 0.0767 e. The first-order valence-electron chi connectivity index (χ1n) is 7.36. The van der Waals surface area contributed by atoms with Crippen LogP contribution in [-0.4, -0.2) is 29.8 Å². The molecule has 0 aliphatic carbocycles. The number of para-hydroxylation sites is 1. The Hall–Kier alpha value is -1.06. The van der Waals surface area contributed by atoms with Crippen molar-refractivity contribution in [2.75, 3.05) is 18.0 Å². The molecule has 2 atom stereocenters. The minimum atomic E-state index is -0.678. The molecule has 3 nitrogen and oxygen atoms in total. The standard InChI is InChI=1S/C16H26N2O/c1-3-16(19,12-17)9-6-10-18-13(2)11-14-7-4-5-8-15(14)18/h4-5,7-8,13,19H,3,6,9-12,17H2,1-2H3. The zero-order valence-electron chi connectivity index (χ0n) is 12.1. The average Bonchev–Trinajstić information content (AvgIpc) is 2.75. The van der Waals surface area contributed by atoms with Gasteiger partial charge in [-0.05, 0) is 44.2 Å². The molecule has 0 saturated heterocycles. The molecule has 1 heterocycles. The van der Waals surface area contributed by atoms with Crippen LogP contribution >= 0.6 is 0 Å². The van der Waals surface area contributed by atoms with Gasteiger partial charge in [0, 0.05) is 24.8 Å². The van der Waals surface area contributed by atoms with E-state index in [4.69, 9.17) is 5.73 Å². The lowest BCUT2D eigenvalue weighted by molar-refractivity contribution is 0.0349. The Morgan fingerprint density at radius 3 is 2.84 bits per heavy atom. The van der Waals surface area contributed by atoms with Crippen LogP contribution in [0.2, 0.25) is 0 Å². The maximum atomic E-state index is 10.2. The summed E-state index contributed by atoms with van der Waals surface area (Å²) in [5.41, 5.74) is 7.78. The largest absolute Gasteiger partial charge is 0.389 e. The van der Waals surface area contributed by atoms with Crippen LogP contribution in [0.25, 0.3) is 0 Å². The fourth-order valence-corrected chi connectivity index (χ4v) is 2.97. The lowest BCUT2D eigenvalue weighted by atomic mass is 9.95. The van der Waals surface area contributed by atoms with E-state index in [-0.39, 0.29) is 0 Å². The highest BCUT2D eigenvalue weighted by molar-refractivity contribution is 5.59. The number of hydrogen-bond acceptors (Lipinski definition) is 3. The molecule has 2 unspecified atom stereocenters. The molecule has 3 heteroatoms. The first kappa shape index (κ1) is 14.4. The normalized spacial score (nSPS) is 21.3. The second kappa shape index (κ2) is 5.93. The predicted octanol–water partition coefficient (Wildman–Crippen LogP) is 2.32. The highest BCUT2D eigenvalue weighted by Gasteiger charge is 2.27. The zero-order chi connectivity index (χ0) is 13.9. The summed E-state index contributed by atoms with van der Waals surface area (Å²) in [6, 6.07) is 9.19. The van der Waals surface area contributed by atoms with Crippen LogP contribution in [0.15, 0.2) is 24.3 Å². The molecule has 0 fully saturated rings. The van der Waals surface area contributed by atoms with Gasteiger partial charge < -0.3 is 15.7 Å². The smallest absolute Gasteiger partial charge is 0.0767 e. The van der Waals surface area contributed by atoms with Crippen LogP contribution in [0.3, 0.4) is 0 Å². The van der Waals surface area contributed by atoms with Crippen molar-refractivity contribution < 1.29 is 5.11 Å². The van der Waals surface area contributed by atoms with Gasteiger partial charge in [-0.3, -0.25) is 0 Å². The average molecular weight is 262 g/mol. The Balaban J connectivity index is 1.93. The number of rotatable bonds is 6. The highest BCUT2D eigenvalue weighted by Crippen LogP contribution is 2.32. The molecule has 1 aromatic rings. The highest BCUT2D eigenvalue weighted by atomic mass is 16.3. The molecule has 2 rings (SSSR count). The van der Waals surface area contributed by atoms with Crippen molar-refractivity contribution in [1.29, 1.82) is 0 Å². The molecule has 0 radical (unpaired) electrons. The fourth-order valence-electron chi connectivity index (χ4n) is 2.97. The van der Waals surface area contributed by atoms with Crippen LogP contribution in [0, 0.1) is 0 Å². The molecular formula is C16H26N2O. The summed E-state index contributed by atoms with van der Waals surface area (Å²) in [4.78, 5) is 2.46. The molecule has 106 valence electrons. The van der Waals surface area contributed by atoms with Crippen LogP contribution in [-0.2, 0) is 6.42 Å². The van der Waals surface area contributed by atoms with Gasteiger partial charge in [0.25, 0.3) is 0 Å². The van der Waals surface area contributed by atoms with Gasteiger partial charge in [0.15, 0.2) is 0 Å². The monoisotopic (exact) mass is 262 g/mol. The molecule has 0 saturated carbocycles. The van der Waals surface area contributed by atoms with Crippen molar-refractivity contribution in [3.05, 3.63) is 29.8 Å². The molecule has 19 heavy (non-hydrogen) atoms. The number of nitrogens with zero attached hydrogens (tertiary/aromatic N) is 1. The Bertz CT molecular complexity index is 415. The topological polar surface area (TPSA) is 49.5 Å². The Morgan fingerprint density at radius 2 is 2.16 bits per heavy atom. The molecule has 0 spiro atoms. The number of hydrogen-bond donors (Lipinski definition) is 2. The van der Waals surface area contributed by atoms with Gasteiger partial charge in [0.2, 0.25) is 0 Å². The van der Waals surface area contributed by atoms with Crippen molar-refractivity contribution in [2.24, 2.45) is 5.73 Å². The Labute approximate surface area is 116 Å². The number of nitrogens with two attached hydrogens (primary N) is 1. The minimum Gasteiger partial charge on any atom is -0.389 e. The van der Waals surface area contributed by atoms with Crippen molar-refractivity contribution >= 4 is 5.69 Å². The minimum absolute atomic E-state index is 0.357. The predicted molar refractivity (Wildman–Crippen MR) is 80.5 cm³/mol. The summed E-state index contributed by atoms with van der Waals surface area (Å²) >= 11 is 0. The summed E-state index contributed by atoms with van der Waals surface area (Å²) in [5.74, 6) is 0. The summed E-state index contributed by atoms with van der Waals surface area (Å²) in [7, 11) is 0. The van der Waals surface area contributed by atoms with Crippen LogP contribution < -0.4 is 10.6 Å². The molecule has 0 amide bonds. The van der Waals surface area contributed by atoms with Gasteiger partial charge >= 0.3 is 0 Å².